The number of hydrogen-bond donors (Lipinski definition) is 3. The highest BCUT2D eigenvalue weighted by Gasteiger charge is 2.22. The van der Waals surface area contributed by atoms with Crippen LogP contribution in [-0.4, -0.2) is 63.7 Å². The third-order valence-corrected chi connectivity index (χ3v) is 6.05. The van der Waals surface area contributed by atoms with Crippen molar-refractivity contribution in [3.8, 4) is 5.75 Å². The first-order valence-electron chi connectivity index (χ1n) is 11.0. The van der Waals surface area contributed by atoms with Crippen LogP contribution in [0.3, 0.4) is 0 Å². The molecule has 3 N–H and O–H groups in total. The van der Waals surface area contributed by atoms with Gasteiger partial charge >= 0.3 is 5.97 Å². The van der Waals surface area contributed by atoms with Crippen LogP contribution in [0.25, 0.3) is 0 Å². The summed E-state index contributed by atoms with van der Waals surface area (Å²) in [4.78, 5) is 36.7. The predicted octanol–water partition coefficient (Wildman–Crippen LogP) is 2.19. The van der Waals surface area contributed by atoms with E-state index in [2.05, 4.69) is 20.8 Å². The second kappa shape index (κ2) is 12.7. The number of ether oxygens (including phenoxy) is 2. The minimum atomic E-state index is -0.793. The predicted molar refractivity (Wildman–Crippen MR) is 133 cm³/mol. The average molecular weight is 514 g/mol. The van der Waals surface area contributed by atoms with Gasteiger partial charge in [0, 0.05) is 18.3 Å². The van der Waals surface area contributed by atoms with Gasteiger partial charge in [0.1, 0.15) is 11.8 Å². The van der Waals surface area contributed by atoms with E-state index in [-0.39, 0.29) is 30.8 Å². The number of carbonyl (C=O) groups excluding carboxylic acids is 3. The Morgan fingerprint density at radius 1 is 1.06 bits per heavy atom. The fraction of sp³-hybridized carbons (Fsp3) is 0.292. The molecule has 0 fully saturated rings. The van der Waals surface area contributed by atoms with Crippen molar-refractivity contribution in [2.24, 2.45) is 7.05 Å². The molecule has 3 rings (SSSR count). The van der Waals surface area contributed by atoms with Gasteiger partial charge in [0.15, 0.2) is 11.0 Å². The molecule has 11 nitrogen and oxygen atoms in total. The van der Waals surface area contributed by atoms with Gasteiger partial charge < -0.3 is 29.8 Å². The van der Waals surface area contributed by atoms with E-state index in [0.717, 1.165) is 11.8 Å². The van der Waals surface area contributed by atoms with Gasteiger partial charge in [0.25, 0.3) is 5.91 Å². The van der Waals surface area contributed by atoms with E-state index >= 15 is 0 Å². The molecule has 0 aliphatic rings. The van der Waals surface area contributed by atoms with Crippen LogP contribution in [-0.2, 0) is 16.6 Å². The van der Waals surface area contributed by atoms with Crippen molar-refractivity contribution in [2.45, 2.75) is 18.1 Å². The Bertz CT molecular complexity index is 1200. The van der Waals surface area contributed by atoms with Gasteiger partial charge in [-0.15, -0.1) is 10.2 Å². The molecule has 0 aliphatic heterocycles. The van der Waals surface area contributed by atoms with Crippen LogP contribution < -0.4 is 15.4 Å². The number of amides is 2. The zero-order valence-corrected chi connectivity index (χ0v) is 20.9. The average Bonchev–Trinajstić information content (AvgIpc) is 3.26. The van der Waals surface area contributed by atoms with Crippen molar-refractivity contribution in [1.29, 1.82) is 0 Å². The third-order valence-electron chi connectivity index (χ3n) is 5.03. The summed E-state index contributed by atoms with van der Waals surface area (Å²) in [5, 5.41) is 23.9. The minimum absolute atomic E-state index is 0.0492. The lowest BCUT2D eigenvalue weighted by Gasteiger charge is -2.16. The smallest absolute Gasteiger partial charge is 0.338 e. The number of methoxy groups -OCH3 is 1. The number of esters is 1. The Hall–Kier alpha value is -3.90. The van der Waals surface area contributed by atoms with Crippen LogP contribution in [0.15, 0.2) is 53.7 Å². The lowest BCUT2D eigenvalue weighted by molar-refractivity contribution is -0.113. The van der Waals surface area contributed by atoms with E-state index in [1.807, 2.05) is 0 Å². The van der Waals surface area contributed by atoms with Crippen LogP contribution in [0.2, 0.25) is 0 Å². The summed E-state index contributed by atoms with van der Waals surface area (Å²) in [6, 6.07) is 12.2. The Kier molecular flexibility index (Phi) is 9.42. The summed E-state index contributed by atoms with van der Waals surface area (Å²) in [6.07, 6.45) is 0. The maximum Gasteiger partial charge on any atom is 0.338 e. The lowest BCUT2D eigenvalue weighted by Crippen LogP contribution is -2.32. The number of aromatic nitrogens is 3. The SMILES string of the molecule is CCOC(=O)c1ccc(NC(=O)CSc2nnc([C@H](CO)NC(=O)c3ccc(OC)cc3)n2C)cc1. The molecule has 1 heterocycles. The number of nitrogens with zero attached hydrogens (tertiary/aromatic N) is 3. The summed E-state index contributed by atoms with van der Waals surface area (Å²) >= 11 is 1.15. The highest BCUT2D eigenvalue weighted by atomic mass is 32.2. The largest absolute Gasteiger partial charge is 0.497 e. The van der Waals surface area contributed by atoms with Crippen LogP contribution in [0.4, 0.5) is 5.69 Å². The van der Waals surface area contributed by atoms with Crippen LogP contribution in [0, 0.1) is 0 Å². The van der Waals surface area contributed by atoms with Crippen molar-refractivity contribution < 1.29 is 29.0 Å². The monoisotopic (exact) mass is 513 g/mol. The summed E-state index contributed by atoms with van der Waals surface area (Å²) in [7, 11) is 3.22. The van der Waals surface area contributed by atoms with Crippen LogP contribution in [0.1, 0.15) is 39.5 Å². The van der Waals surface area contributed by atoms with Gasteiger partial charge in [0.2, 0.25) is 5.91 Å². The number of carbonyl (C=O) groups is 3. The topological polar surface area (TPSA) is 145 Å². The molecule has 0 spiro atoms. The molecular formula is C24H27N5O6S. The van der Waals surface area contributed by atoms with E-state index in [4.69, 9.17) is 9.47 Å². The zero-order valence-electron chi connectivity index (χ0n) is 20.1. The number of nitrogens with one attached hydrogen (secondary N) is 2. The number of rotatable bonds is 11. The molecule has 36 heavy (non-hydrogen) atoms. The number of aliphatic hydroxyl groups is 1. The van der Waals surface area contributed by atoms with E-state index in [1.165, 1.54) is 7.11 Å². The second-order valence-electron chi connectivity index (χ2n) is 7.47. The Morgan fingerprint density at radius 2 is 1.72 bits per heavy atom. The summed E-state index contributed by atoms with van der Waals surface area (Å²) in [5.74, 6) is -0.0736. The number of benzene rings is 2. The highest BCUT2D eigenvalue weighted by molar-refractivity contribution is 7.99. The van der Waals surface area contributed by atoms with Gasteiger partial charge in [-0.25, -0.2) is 4.79 Å². The first-order chi connectivity index (χ1) is 17.4. The van der Waals surface area contributed by atoms with Crippen LogP contribution in [0.5, 0.6) is 5.75 Å². The van der Waals surface area contributed by atoms with Gasteiger partial charge in [-0.05, 0) is 55.5 Å². The summed E-state index contributed by atoms with van der Waals surface area (Å²) in [5.41, 5.74) is 1.33. The number of aliphatic hydroxyl groups excluding tert-OH is 1. The van der Waals surface area contributed by atoms with Crippen LogP contribution >= 0.6 is 11.8 Å². The minimum Gasteiger partial charge on any atom is -0.497 e. The molecule has 1 atom stereocenters. The van der Waals surface area contributed by atoms with E-state index < -0.39 is 12.0 Å². The van der Waals surface area contributed by atoms with Gasteiger partial charge in [-0.2, -0.15) is 0 Å². The van der Waals surface area contributed by atoms with E-state index in [9.17, 15) is 19.5 Å². The van der Waals surface area contributed by atoms with Crippen molar-refractivity contribution in [3.05, 3.63) is 65.5 Å². The second-order valence-corrected chi connectivity index (χ2v) is 8.41. The molecule has 0 aliphatic carbocycles. The van der Waals surface area contributed by atoms with Gasteiger partial charge in [-0.1, -0.05) is 11.8 Å². The van der Waals surface area contributed by atoms with Crippen molar-refractivity contribution in [3.63, 3.8) is 0 Å². The quantitative estimate of drug-likeness (QED) is 0.259. The van der Waals surface area contributed by atoms with Gasteiger partial charge in [-0.3, -0.25) is 9.59 Å². The molecule has 3 aromatic rings. The normalized spacial score (nSPS) is 11.4. The first kappa shape index (κ1) is 26.7. The lowest BCUT2D eigenvalue weighted by atomic mass is 10.2. The summed E-state index contributed by atoms with van der Waals surface area (Å²) < 4.78 is 11.6. The molecule has 12 heteroatoms. The highest BCUT2D eigenvalue weighted by Crippen LogP contribution is 2.20. The molecular weight excluding hydrogens is 486 g/mol. The van der Waals surface area contributed by atoms with Crippen molar-refractivity contribution in [1.82, 2.24) is 20.1 Å². The molecule has 0 unspecified atom stereocenters. The first-order valence-corrected chi connectivity index (χ1v) is 12.0. The number of anilines is 1. The third kappa shape index (κ3) is 6.83. The molecule has 2 amide bonds. The number of hydrogen-bond acceptors (Lipinski definition) is 9. The fourth-order valence-corrected chi connectivity index (χ4v) is 3.88. The van der Waals surface area contributed by atoms with E-state index in [0.29, 0.717) is 33.5 Å². The molecule has 0 saturated heterocycles. The van der Waals surface area contributed by atoms with Gasteiger partial charge in [0.05, 0.1) is 31.6 Å². The standard InChI is InChI=1S/C24H27N5O6S/c1-4-35-23(33)16-5-9-17(10-6-16)25-20(31)14-36-24-28-27-21(29(24)2)19(13-30)26-22(32)15-7-11-18(34-3)12-8-15/h5-12,19,30H,4,13-14H2,1-3H3,(H,25,31)(H,26,32)/t19-/m0/s1. The molecule has 1 aromatic heterocycles. The molecule has 190 valence electrons. The molecule has 0 saturated carbocycles. The maximum atomic E-state index is 12.6. The fourth-order valence-electron chi connectivity index (χ4n) is 3.16. The Balaban J connectivity index is 1.57. The number of thioether (sulfide) groups is 1. The van der Waals surface area contributed by atoms with E-state index in [1.54, 1.807) is 67.1 Å². The Morgan fingerprint density at radius 3 is 2.33 bits per heavy atom. The maximum absolute atomic E-state index is 12.6. The molecule has 0 radical (unpaired) electrons. The molecule has 0 bridgehead atoms. The molecule has 2 aromatic carbocycles. The van der Waals surface area contributed by atoms with Crippen molar-refractivity contribution >= 4 is 35.2 Å². The Labute approximate surface area is 212 Å². The summed E-state index contributed by atoms with van der Waals surface area (Å²) in [6.45, 7) is 1.63. The zero-order chi connectivity index (χ0) is 26.1. The van der Waals surface area contributed by atoms with Crippen molar-refractivity contribution in [2.75, 3.05) is 31.4 Å².